The van der Waals surface area contributed by atoms with E-state index < -0.39 is 10.0 Å². The van der Waals surface area contributed by atoms with E-state index >= 15 is 0 Å². The fraction of sp³-hybridized carbons (Fsp3) is 0.500. The van der Waals surface area contributed by atoms with Gasteiger partial charge in [0, 0.05) is 5.69 Å². The summed E-state index contributed by atoms with van der Waals surface area (Å²) in [4.78, 5) is 12.2. The van der Waals surface area contributed by atoms with E-state index in [1.54, 1.807) is 0 Å². The maximum absolute atomic E-state index is 12.2. The molecule has 2 unspecified atom stereocenters. The largest absolute Gasteiger partial charge is 0.325 e. The van der Waals surface area contributed by atoms with Crippen LogP contribution in [0.3, 0.4) is 0 Å². The number of nitrogens with two attached hydrogens (primary N) is 1. The number of hydrogen-bond donors (Lipinski definition) is 3. The van der Waals surface area contributed by atoms with E-state index in [0.29, 0.717) is 11.6 Å². The fourth-order valence-corrected chi connectivity index (χ4v) is 3.04. The quantitative estimate of drug-likeness (QED) is 0.773. The van der Waals surface area contributed by atoms with E-state index in [9.17, 15) is 13.2 Å². The Kier molecular flexibility index (Phi) is 4.97. The SMILES string of the molecule is CCC1CCNC(C(=O)Nc2ccc(S(N)(=O)=O)cc2)C1. The van der Waals surface area contributed by atoms with Crippen LogP contribution in [-0.2, 0) is 14.8 Å². The topological polar surface area (TPSA) is 101 Å². The van der Waals surface area contributed by atoms with Gasteiger partial charge in [0.05, 0.1) is 10.9 Å². The maximum atomic E-state index is 12.2. The van der Waals surface area contributed by atoms with Gasteiger partial charge in [-0.15, -0.1) is 0 Å². The standard InChI is InChI=1S/C14H21N3O3S/c1-2-10-7-8-16-13(9-10)14(18)17-11-3-5-12(6-4-11)21(15,19)20/h3-6,10,13,16H,2,7-9H2,1H3,(H,17,18)(H2,15,19,20). The monoisotopic (exact) mass is 311 g/mol. The Labute approximate surface area is 125 Å². The second-order valence-electron chi connectivity index (χ2n) is 5.36. The third-order valence-corrected chi connectivity index (χ3v) is 4.79. The summed E-state index contributed by atoms with van der Waals surface area (Å²) in [6.07, 6.45) is 3.01. The molecular weight excluding hydrogens is 290 g/mol. The zero-order valence-electron chi connectivity index (χ0n) is 12.0. The second-order valence-corrected chi connectivity index (χ2v) is 6.93. The molecule has 2 rings (SSSR count). The van der Waals surface area contributed by atoms with Gasteiger partial charge in [-0.1, -0.05) is 13.3 Å². The first-order valence-electron chi connectivity index (χ1n) is 7.07. The third kappa shape index (κ3) is 4.26. The number of anilines is 1. The van der Waals surface area contributed by atoms with E-state index in [-0.39, 0.29) is 16.8 Å². The number of benzene rings is 1. The average molecular weight is 311 g/mol. The highest BCUT2D eigenvalue weighted by atomic mass is 32.2. The molecule has 1 aromatic rings. The molecule has 0 radical (unpaired) electrons. The van der Waals surface area contributed by atoms with Crippen molar-refractivity contribution in [3.63, 3.8) is 0 Å². The minimum absolute atomic E-state index is 0.0299. The number of primary sulfonamides is 1. The minimum atomic E-state index is -3.70. The van der Waals surface area contributed by atoms with E-state index in [0.717, 1.165) is 25.8 Å². The average Bonchev–Trinajstić information content (AvgIpc) is 2.47. The Morgan fingerprint density at radius 2 is 2.05 bits per heavy atom. The Balaban J connectivity index is 1.99. The Morgan fingerprint density at radius 3 is 2.62 bits per heavy atom. The van der Waals surface area contributed by atoms with Crippen molar-refractivity contribution in [3.8, 4) is 0 Å². The Hall–Kier alpha value is -1.44. The fourth-order valence-electron chi connectivity index (χ4n) is 2.52. The molecular formula is C14H21N3O3S. The zero-order valence-corrected chi connectivity index (χ0v) is 12.8. The van der Waals surface area contributed by atoms with Crippen LogP contribution in [0.25, 0.3) is 0 Å². The molecule has 0 bridgehead atoms. The van der Waals surface area contributed by atoms with Crippen molar-refractivity contribution in [1.29, 1.82) is 0 Å². The number of carbonyl (C=O) groups is 1. The van der Waals surface area contributed by atoms with Crippen LogP contribution in [0.1, 0.15) is 26.2 Å². The van der Waals surface area contributed by atoms with E-state index in [2.05, 4.69) is 17.6 Å². The van der Waals surface area contributed by atoms with Crippen molar-refractivity contribution in [2.75, 3.05) is 11.9 Å². The van der Waals surface area contributed by atoms with Crippen LogP contribution in [0, 0.1) is 5.92 Å². The van der Waals surface area contributed by atoms with E-state index in [4.69, 9.17) is 5.14 Å². The van der Waals surface area contributed by atoms with Gasteiger partial charge in [-0.3, -0.25) is 4.79 Å². The molecule has 1 aliphatic rings. The lowest BCUT2D eigenvalue weighted by molar-refractivity contribution is -0.119. The van der Waals surface area contributed by atoms with Crippen LogP contribution < -0.4 is 15.8 Å². The van der Waals surface area contributed by atoms with Crippen LogP contribution in [-0.4, -0.2) is 26.9 Å². The van der Waals surface area contributed by atoms with Gasteiger partial charge in [0.15, 0.2) is 0 Å². The Morgan fingerprint density at radius 1 is 1.38 bits per heavy atom. The molecule has 21 heavy (non-hydrogen) atoms. The number of amides is 1. The summed E-state index contributed by atoms with van der Waals surface area (Å²) >= 11 is 0. The van der Waals surface area contributed by atoms with Gasteiger partial charge in [0.25, 0.3) is 0 Å². The number of nitrogens with one attached hydrogen (secondary N) is 2. The summed E-state index contributed by atoms with van der Waals surface area (Å²) in [7, 11) is -3.70. The van der Waals surface area contributed by atoms with E-state index in [1.807, 2.05) is 0 Å². The van der Waals surface area contributed by atoms with Crippen LogP contribution in [0.2, 0.25) is 0 Å². The summed E-state index contributed by atoms with van der Waals surface area (Å²) in [5.41, 5.74) is 0.563. The summed E-state index contributed by atoms with van der Waals surface area (Å²) in [5, 5.41) is 11.0. The molecule has 0 saturated carbocycles. The smallest absolute Gasteiger partial charge is 0.241 e. The van der Waals surface area contributed by atoms with Crippen LogP contribution >= 0.6 is 0 Å². The van der Waals surface area contributed by atoms with Crippen molar-refractivity contribution in [3.05, 3.63) is 24.3 Å². The van der Waals surface area contributed by atoms with Gasteiger partial charge < -0.3 is 10.6 Å². The summed E-state index contributed by atoms with van der Waals surface area (Å²) < 4.78 is 22.3. The lowest BCUT2D eigenvalue weighted by Gasteiger charge is -2.28. The number of sulfonamides is 1. The van der Waals surface area contributed by atoms with Crippen LogP contribution in [0.4, 0.5) is 5.69 Å². The van der Waals surface area contributed by atoms with Crippen molar-refractivity contribution in [2.24, 2.45) is 11.1 Å². The van der Waals surface area contributed by atoms with Gasteiger partial charge in [-0.25, -0.2) is 13.6 Å². The molecule has 0 aromatic heterocycles. The highest BCUT2D eigenvalue weighted by Crippen LogP contribution is 2.20. The molecule has 0 aliphatic carbocycles. The van der Waals surface area contributed by atoms with Crippen LogP contribution in [0.5, 0.6) is 0 Å². The number of piperidine rings is 1. The molecule has 1 heterocycles. The lowest BCUT2D eigenvalue weighted by Crippen LogP contribution is -2.46. The van der Waals surface area contributed by atoms with E-state index in [1.165, 1.54) is 24.3 Å². The van der Waals surface area contributed by atoms with Crippen LogP contribution in [0.15, 0.2) is 29.2 Å². The highest BCUT2D eigenvalue weighted by molar-refractivity contribution is 7.89. The molecule has 2 atom stereocenters. The first kappa shape index (κ1) is 15.9. The van der Waals surface area contributed by atoms with Gasteiger partial charge >= 0.3 is 0 Å². The molecule has 1 amide bonds. The van der Waals surface area contributed by atoms with Crippen molar-refractivity contribution in [1.82, 2.24) is 5.32 Å². The Bertz CT molecular complexity index is 598. The normalized spacial score (nSPS) is 22.8. The lowest BCUT2D eigenvalue weighted by atomic mass is 9.90. The summed E-state index contributed by atoms with van der Waals surface area (Å²) in [5.74, 6) is 0.489. The molecule has 0 spiro atoms. The third-order valence-electron chi connectivity index (χ3n) is 3.86. The molecule has 4 N–H and O–H groups in total. The number of rotatable bonds is 4. The van der Waals surface area contributed by atoms with Gasteiger partial charge in [0.2, 0.25) is 15.9 Å². The molecule has 1 aromatic carbocycles. The molecule has 7 heteroatoms. The first-order valence-corrected chi connectivity index (χ1v) is 8.62. The molecule has 1 aliphatic heterocycles. The second kappa shape index (κ2) is 6.55. The number of carbonyl (C=O) groups excluding carboxylic acids is 1. The highest BCUT2D eigenvalue weighted by Gasteiger charge is 2.25. The van der Waals surface area contributed by atoms with Gasteiger partial charge in [-0.05, 0) is 49.6 Å². The minimum Gasteiger partial charge on any atom is -0.325 e. The number of hydrogen-bond acceptors (Lipinski definition) is 4. The van der Waals surface area contributed by atoms with Crippen molar-refractivity contribution in [2.45, 2.75) is 37.1 Å². The summed E-state index contributed by atoms with van der Waals surface area (Å²) in [6, 6.07) is 5.65. The van der Waals surface area contributed by atoms with Gasteiger partial charge in [0.1, 0.15) is 0 Å². The van der Waals surface area contributed by atoms with Crippen molar-refractivity contribution < 1.29 is 13.2 Å². The predicted octanol–water partition coefficient (Wildman–Crippen LogP) is 1.05. The molecule has 6 nitrogen and oxygen atoms in total. The van der Waals surface area contributed by atoms with Gasteiger partial charge in [-0.2, -0.15) is 0 Å². The molecule has 1 fully saturated rings. The zero-order chi connectivity index (χ0) is 15.5. The maximum Gasteiger partial charge on any atom is 0.241 e. The van der Waals surface area contributed by atoms with Crippen molar-refractivity contribution >= 4 is 21.6 Å². The molecule has 1 saturated heterocycles. The molecule has 116 valence electrons. The summed E-state index contributed by atoms with van der Waals surface area (Å²) in [6.45, 7) is 2.98. The predicted molar refractivity (Wildman–Crippen MR) is 81.3 cm³/mol. The first-order chi connectivity index (χ1) is 9.90.